The van der Waals surface area contributed by atoms with Gasteiger partial charge in [-0.3, -0.25) is 0 Å². The molecule has 0 unspecified atom stereocenters. The van der Waals surface area contributed by atoms with Gasteiger partial charge in [0.15, 0.2) is 5.11 Å². The second kappa shape index (κ2) is 5.96. The quantitative estimate of drug-likeness (QED) is 0.803. The molecule has 2 aromatic rings. The Morgan fingerprint density at radius 3 is 2.45 bits per heavy atom. The molecule has 0 atom stereocenters. The van der Waals surface area contributed by atoms with Crippen LogP contribution in [0, 0.1) is 25.5 Å². The minimum absolute atomic E-state index is 0.00723. The Kier molecular flexibility index (Phi) is 4.29. The topological polar surface area (TPSA) is 24.1 Å². The number of nitrogens with one attached hydrogen (secondary N) is 2. The fourth-order valence-corrected chi connectivity index (χ4v) is 1.98. The molecule has 2 aromatic carbocycles. The molecule has 2 N–H and O–H groups in total. The molecule has 2 rings (SSSR count). The Balaban J connectivity index is 2.13. The molecular weight excluding hydrogens is 278 g/mol. The number of aryl methyl sites for hydroxylation is 1. The average Bonchev–Trinajstić information content (AvgIpc) is 2.39. The van der Waals surface area contributed by atoms with Gasteiger partial charge in [0, 0.05) is 11.8 Å². The zero-order valence-electron chi connectivity index (χ0n) is 11.1. The van der Waals surface area contributed by atoms with Crippen molar-refractivity contribution < 1.29 is 8.78 Å². The van der Waals surface area contributed by atoms with Crippen LogP contribution in [0.2, 0.25) is 0 Å². The molecule has 0 bridgehead atoms. The zero-order valence-corrected chi connectivity index (χ0v) is 11.9. The summed E-state index contributed by atoms with van der Waals surface area (Å²) in [5.41, 5.74) is 3.01. The van der Waals surface area contributed by atoms with Gasteiger partial charge in [0.25, 0.3) is 0 Å². The van der Waals surface area contributed by atoms with Crippen LogP contribution in [-0.2, 0) is 0 Å². The normalized spacial score (nSPS) is 10.2. The lowest BCUT2D eigenvalue weighted by Crippen LogP contribution is -2.20. The largest absolute Gasteiger partial charge is 0.332 e. The van der Waals surface area contributed by atoms with Crippen molar-refractivity contribution in [1.29, 1.82) is 0 Å². The first-order valence-corrected chi connectivity index (χ1v) is 6.47. The van der Waals surface area contributed by atoms with Crippen LogP contribution in [0.3, 0.4) is 0 Å². The van der Waals surface area contributed by atoms with Crippen molar-refractivity contribution in [1.82, 2.24) is 0 Å². The highest BCUT2D eigenvalue weighted by Gasteiger charge is 2.07. The molecule has 20 heavy (non-hydrogen) atoms. The van der Waals surface area contributed by atoms with Crippen LogP contribution in [0.1, 0.15) is 11.1 Å². The van der Waals surface area contributed by atoms with Crippen LogP contribution >= 0.6 is 12.2 Å². The molecule has 0 fully saturated rings. The zero-order chi connectivity index (χ0) is 14.7. The number of hydrogen-bond acceptors (Lipinski definition) is 1. The Hall–Kier alpha value is -2.01. The smallest absolute Gasteiger partial charge is 0.175 e. The maximum Gasteiger partial charge on any atom is 0.175 e. The lowest BCUT2D eigenvalue weighted by atomic mass is 10.1. The fraction of sp³-hybridized carbons (Fsp3) is 0.133. The van der Waals surface area contributed by atoms with E-state index < -0.39 is 11.6 Å². The molecule has 0 saturated heterocycles. The van der Waals surface area contributed by atoms with Gasteiger partial charge >= 0.3 is 0 Å². The minimum atomic E-state index is -0.559. The van der Waals surface area contributed by atoms with Gasteiger partial charge in [-0.15, -0.1) is 0 Å². The number of rotatable bonds is 2. The van der Waals surface area contributed by atoms with Gasteiger partial charge in [0.1, 0.15) is 11.6 Å². The van der Waals surface area contributed by atoms with Crippen molar-refractivity contribution in [3.63, 3.8) is 0 Å². The molecule has 0 aliphatic carbocycles. The van der Waals surface area contributed by atoms with E-state index >= 15 is 0 Å². The summed E-state index contributed by atoms with van der Waals surface area (Å²) in [6.45, 7) is 3.95. The first-order valence-electron chi connectivity index (χ1n) is 6.06. The summed E-state index contributed by atoms with van der Waals surface area (Å²) in [4.78, 5) is 0. The maximum absolute atomic E-state index is 13.5. The first-order chi connectivity index (χ1) is 9.47. The van der Waals surface area contributed by atoms with E-state index in [1.807, 2.05) is 32.0 Å². The van der Waals surface area contributed by atoms with Crippen LogP contribution in [0.25, 0.3) is 0 Å². The van der Waals surface area contributed by atoms with Gasteiger partial charge in [-0.1, -0.05) is 12.1 Å². The molecule has 2 nitrogen and oxygen atoms in total. The van der Waals surface area contributed by atoms with E-state index in [0.29, 0.717) is 0 Å². The third-order valence-corrected chi connectivity index (χ3v) is 3.23. The summed E-state index contributed by atoms with van der Waals surface area (Å²) in [5.74, 6) is -1.08. The van der Waals surface area contributed by atoms with E-state index in [1.54, 1.807) is 0 Å². The summed E-state index contributed by atoms with van der Waals surface area (Å²) in [7, 11) is 0. The molecule has 0 heterocycles. The van der Waals surface area contributed by atoms with E-state index in [4.69, 9.17) is 12.2 Å². The lowest BCUT2D eigenvalue weighted by molar-refractivity contribution is 0.604. The summed E-state index contributed by atoms with van der Waals surface area (Å²) in [6, 6.07) is 8.93. The number of anilines is 2. The molecule has 0 aromatic heterocycles. The molecule has 0 radical (unpaired) electrons. The van der Waals surface area contributed by atoms with Crippen molar-refractivity contribution in [2.24, 2.45) is 0 Å². The first kappa shape index (κ1) is 14.4. The van der Waals surface area contributed by atoms with Crippen LogP contribution in [0.15, 0.2) is 36.4 Å². The van der Waals surface area contributed by atoms with Crippen molar-refractivity contribution in [3.8, 4) is 0 Å². The highest BCUT2D eigenvalue weighted by atomic mass is 32.1. The van der Waals surface area contributed by atoms with Crippen molar-refractivity contribution in [2.75, 3.05) is 10.6 Å². The highest BCUT2D eigenvalue weighted by Crippen LogP contribution is 2.19. The standard InChI is InChI=1S/C15H14F2N2S/c1-9-4-3-5-13(10(9)2)18-15(20)19-14-8-11(16)6-7-12(14)17/h3-8H,1-2H3,(H2,18,19,20). The van der Waals surface area contributed by atoms with Crippen LogP contribution in [0.5, 0.6) is 0 Å². The Morgan fingerprint density at radius 2 is 1.70 bits per heavy atom. The number of hydrogen-bond donors (Lipinski definition) is 2. The summed E-state index contributed by atoms with van der Waals surface area (Å²) < 4.78 is 26.6. The second-order valence-electron chi connectivity index (χ2n) is 4.45. The number of halogens is 2. The molecule has 0 spiro atoms. The minimum Gasteiger partial charge on any atom is -0.332 e. The molecule has 0 amide bonds. The summed E-state index contributed by atoms with van der Waals surface area (Å²) >= 11 is 5.11. The van der Waals surface area contributed by atoms with Gasteiger partial charge in [-0.2, -0.15) is 0 Å². The SMILES string of the molecule is Cc1cccc(NC(=S)Nc2cc(F)ccc2F)c1C. The third kappa shape index (κ3) is 3.30. The predicted molar refractivity (Wildman–Crippen MR) is 82.1 cm³/mol. The van der Waals surface area contributed by atoms with E-state index in [1.165, 1.54) is 0 Å². The molecule has 0 saturated carbocycles. The Morgan fingerprint density at radius 1 is 1.00 bits per heavy atom. The third-order valence-electron chi connectivity index (χ3n) is 3.03. The number of thiocarbonyl (C=S) groups is 1. The molecule has 0 aliphatic heterocycles. The van der Waals surface area contributed by atoms with E-state index in [9.17, 15) is 8.78 Å². The van der Waals surface area contributed by atoms with Crippen molar-refractivity contribution in [3.05, 3.63) is 59.2 Å². The molecular formula is C15H14F2N2S. The predicted octanol–water partition coefficient (Wildman–Crippen LogP) is 4.39. The maximum atomic E-state index is 13.5. The van der Waals surface area contributed by atoms with Gasteiger partial charge in [0.05, 0.1) is 5.69 Å². The molecule has 0 aliphatic rings. The van der Waals surface area contributed by atoms with E-state index in [0.717, 1.165) is 35.0 Å². The van der Waals surface area contributed by atoms with Crippen molar-refractivity contribution in [2.45, 2.75) is 13.8 Å². The van der Waals surface area contributed by atoms with Gasteiger partial charge in [0.2, 0.25) is 0 Å². The lowest BCUT2D eigenvalue weighted by Gasteiger charge is -2.14. The van der Waals surface area contributed by atoms with Gasteiger partial charge in [-0.05, 0) is 55.4 Å². The number of benzene rings is 2. The summed E-state index contributed by atoms with van der Waals surface area (Å²) in [6.07, 6.45) is 0. The second-order valence-corrected chi connectivity index (χ2v) is 4.86. The van der Waals surface area contributed by atoms with Crippen LogP contribution in [-0.4, -0.2) is 5.11 Å². The van der Waals surface area contributed by atoms with Gasteiger partial charge < -0.3 is 10.6 Å². The Bertz CT molecular complexity index is 650. The van der Waals surface area contributed by atoms with Gasteiger partial charge in [-0.25, -0.2) is 8.78 Å². The van der Waals surface area contributed by atoms with Crippen molar-refractivity contribution >= 4 is 28.7 Å². The molecule has 5 heteroatoms. The van der Waals surface area contributed by atoms with Crippen LogP contribution in [0.4, 0.5) is 20.2 Å². The highest BCUT2D eigenvalue weighted by molar-refractivity contribution is 7.80. The monoisotopic (exact) mass is 292 g/mol. The van der Waals surface area contributed by atoms with E-state index in [-0.39, 0.29) is 10.8 Å². The Labute approximate surface area is 121 Å². The molecule has 104 valence electrons. The van der Waals surface area contributed by atoms with E-state index in [2.05, 4.69) is 10.6 Å². The summed E-state index contributed by atoms with van der Waals surface area (Å²) in [5, 5.41) is 5.84. The average molecular weight is 292 g/mol. The van der Waals surface area contributed by atoms with Crippen LogP contribution < -0.4 is 10.6 Å². The fourth-order valence-electron chi connectivity index (χ4n) is 1.76.